The van der Waals surface area contributed by atoms with Crippen LogP contribution in [0.2, 0.25) is 0 Å². The van der Waals surface area contributed by atoms with E-state index in [1.807, 2.05) is 36.4 Å². The Kier molecular flexibility index (Phi) is 4.29. The maximum atomic E-state index is 8.44. The molecule has 0 aliphatic rings. The van der Waals surface area contributed by atoms with Crippen molar-refractivity contribution in [2.75, 3.05) is 19.0 Å². The molecule has 0 saturated heterocycles. The molecule has 0 radical (unpaired) electrons. The van der Waals surface area contributed by atoms with Crippen molar-refractivity contribution in [3.63, 3.8) is 0 Å². The Morgan fingerprint density at radius 1 is 1.16 bits per heavy atom. The van der Waals surface area contributed by atoms with Crippen molar-refractivity contribution in [3.8, 4) is 23.1 Å². The molecular weight excluding hydrogens is 240 g/mol. The number of rotatable bonds is 5. The average molecular weight is 254 g/mol. The monoisotopic (exact) mass is 254 g/mol. The van der Waals surface area contributed by atoms with Gasteiger partial charge in [0.1, 0.15) is 11.6 Å². The molecule has 0 unspecified atom stereocenters. The second kappa shape index (κ2) is 6.36. The Balaban J connectivity index is 2.06. The molecule has 0 atom stereocenters. The minimum atomic E-state index is 0.446. The van der Waals surface area contributed by atoms with Gasteiger partial charge >= 0.3 is 0 Å². The number of anilines is 1. The molecule has 96 valence electrons. The van der Waals surface area contributed by atoms with Crippen molar-refractivity contribution in [3.05, 3.63) is 36.4 Å². The minimum absolute atomic E-state index is 0.446. The first-order valence-electron chi connectivity index (χ1n) is 5.92. The number of benzene rings is 1. The van der Waals surface area contributed by atoms with E-state index in [1.54, 1.807) is 7.11 Å². The zero-order valence-electron chi connectivity index (χ0n) is 10.6. The van der Waals surface area contributed by atoms with Gasteiger partial charge in [0, 0.05) is 12.1 Å². The fourth-order valence-corrected chi connectivity index (χ4v) is 1.59. The molecule has 2 aromatic rings. The van der Waals surface area contributed by atoms with Crippen molar-refractivity contribution >= 4 is 5.82 Å². The third kappa shape index (κ3) is 3.42. The zero-order valence-corrected chi connectivity index (χ0v) is 10.6. The van der Waals surface area contributed by atoms with Gasteiger partial charge in [-0.05, 0) is 36.4 Å². The molecular formula is C14H14N4O. The second-order valence-corrected chi connectivity index (χ2v) is 3.87. The Morgan fingerprint density at radius 3 is 2.53 bits per heavy atom. The molecule has 0 bridgehead atoms. The maximum absolute atomic E-state index is 8.44. The molecule has 19 heavy (non-hydrogen) atoms. The van der Waals surface area contributed by atoms with Crippen LogP contribution in [0.1, 0.15) is 6.42 Å². The van der Waals surface area contributed by atoms with Crippen LogP contribution in [0, 0.1) is 11.3 Å². The second-order valence-electron chi connectivity index (χ2n) is 3.87. The van der Waals surface area contributed by atoms with Crippen LogP contribution < -0.4 is 10.1 Å². The van der Waals surface area contributed by atoms with Gasteiger partial charge in [-0.3, -0.25) is 0 Å². The van der Waals surface area contributed by atoms with Gasteiger partial charge < -0.3 is 10.1 Å². The lowest BCUT2D eigenvalue weighted by Gasteiger charge is -2.04. The first-order valence-corrected chi connectivity index (χ1v) is 5.92. The lowest BCUT2D eigenvalue weighted by molar-refractivity contribution is 0.415. The number of nitrogens with zero attached hydrogens (tertiary/aromatic N) is 3. The first-order chi connectivity index (χ1) is 9.33. The Hall–Kier alpha value is -2.61. The summed E-state index contributed by atoms with van der Waals surface area (Å²) in [6.45, 7) is 0.576. The number of hydrogen-bond acceptors (Lipinski definition) is 5. The van der Waals surface area contributed by atoms with E-state index in [0.29, 0.717) is 18.8 Å². The molecule has 0 amide bonds. The molecule has 5 heteroatoms. The standard InChI is InChI=1S/C14H14N4O/c1-19-12-5-3-11(4-6-12)13-7-8-14(18-17-13)16-10-2-9-15/h3-8H,2,10H2,1H3,(H,16,18). The molecule has 0 fully saturated rings. The van der Waals surface area contributed by atoms with E-state index in [-0.39, 0.29) is 0 Å². The number of nitrogens with one attached hydrogen (secondary N) is 1. The molecule has 1 aromatic heterocycles. The van der Waals surface area contributed by atoms with E-state index in [0.717, 1.165) is 17.0 Å². The molecule has 0 saturated carbocycles. The Labute approximate surface area is 111 Å². The van der Waals surface area contributed by atoms with Crippen molar-refractivity contribution in [2.24, 2.45) is 0 Å². The Morgan fingerprint density at radius 2 is 1.95 bits per heavy atom. The predicted octanol–water partition coefficient (Wildman–Crippen LogP) is 2.48. The van der Waals surface area contributed by atoms with Crippen molar-refractivity contribution in [1.29, 1.82) is 5.26 Å². The summed E-state index contributed by atoms with van der Waals surface area (Å²) in [7, 11) is 1.64. The highest BCUT2D eigenvalue weighted by atomic mass is 16.5. The molecule has 2 rings (SSSR count). The number of methoxy groups -OCH3 is 1. The van der Waals surface area contributed by atoms with E-state index >= 15 is 0 Å². The van der Waals surface area contributed by atoms with Crippen molar-refractivity contribution in [1.82, 2.24) is 10.2 Å². The van der Waals surface area contributed by atoms with E-state index in [4.69, 9.17) is 10.00 Å². The van der Waals surface area contributed by atoms with Gasteiger partial charge in [0.15, 0.2) is 0 Å². The highest BCUT2D eigenvalue weighted by molar-refractivity contribution is 5.60. The van der Waals surface area contributed by atoms with Crippen LogP contribution in [0.4, 0.5) is 5.82 Å². The number of ether oxygens (including phenoxy) is 1. The smallest absolute Gasteiger partial charge is 0.148 e. The number of aromatic nitrogens is 2. The van der Waals surface area contributed by atoms with Crippen LogP contribution in [0.15, 0.2) is 36.4 Å². The van der Waals surface area contributed by atoms with Gasteiger partial charge in [-0.1, -0.05) is 0 Å². The maximum Gasteiger partial charge on any atom is 0.148 e. The molecule has 1 heterocycles. The summed E-state index contributed by atoms with van der Waals surface area (Å²) in [6, 6.07) is 13.4. The van der Waals surface area contributed by atoms with Crippen molar-refractivity contribution < 1.29 is 4.74 Å². The highest BCUT2D eigenvalue weighted by Crippen LogP contribution is 2.20. The van der Waals surface area contributed by atoms with Gasteiger partial charge in [0.2, 0.25) is 0 Å². The zero-order chi connectivity index (χ0) is 13.5. The fraction of sp³-hybridized carbons (Fsp3) is 0.214. The third-order valence-corrected chi connectivity index (χ3v) is 2.59. The lowest BCUT2D eigenvalue weighted by Crippen LogP contribution is -2.03. The van der Waals surface area contributed by atoms with E-state index < -0.39 is 0 Å². The van der Waals surface area contributed by atoms with Crippen LogP contribution in [0.3, 0.4) is 0 Å². The van der Waals surface area contributed by atoms with Crippen LogP contribution in [0.25, 0.3) is 11.3 Å². The molecule has 0 aliphatic heterocycles. The normalized spacial score (nSPS) is 9.68. The average Bonchev–Trinajstić information content (AvgIpc) is 2.48. The largest absolute Gasteiger partial charge is 0.497 e. The van der Waals surface area contributed by atoms with Gasteiger partial charge in [0.25, 0.3) is 0 Å². The summed E-state index contributed by atoms with van der Waals surface area (Å²) in [4.78, 5) is 0. The summed E-state index contributed by atoms with van der Waals surface area (Å²) < 4.78 is 5.11. The molecule has 0 spiro atoms. The van der Waals surface area contributed by atoms with Gasteiger partial charge in [0.05, 0.1) is 25.3 Å². The molecule has 5 nitrogen and oxygen atoms in total. The van der Waals surface area contributed by atoms with Crippen LogP contribution in [-0.4, -0.2) is 23.9 Å². The van der Waals surface area contributed by atoms with Gasteiger partial charge in [-0.15, -0.1) is 10.2 Å². The van der Waals surface area contributed by atoms with E-state index in [1.165, 1.54) is 0 Å². The number of hydrogen-bond donors (Lipinski definition) is 1. The summed E-state index contributed by atoms with van der Waals surface area (Å²) in [5.74, 6) is 1.49. The highest BCUT2D eigenvalue weighted by Gasteiger charge is 2.01. The van der Waals surface area contributed by atoms with Gasteiger partial charge in [-0.2, -0.15) is 5.26 Å². The number of nitriles is 1. The van der Waals surface area contributed by atoms with Crippen LogP contribution >= 0.6 is 0 Å². The predicted molar refractivity (Wildman–Crippen MR) is 72.7 cm³/mol. The fourth-order valence-electron chi connectivity index (χ4n) is 1.59. The summed E-state index contributed by atoms with van der Waals surface area (Å²) in [5.41, 5.74) is 1.78. The van der Waals surface area contributed by atoms with E-state index in [9.17, 15) is 0 Å². The third-order valence-electron chi connectivity index (χ3n) is 2.59. The van der Waals surface area contributed by atoms with Gasteiger partial charge in [-0.25, -0.2) is 0 Å². The molecule has 1 N–H and O–H groups in total. The molecule has 0 aliphatic carbocycles. The SMILES string of the molecule is COc1ccc(-c2ccc(NCCC#N)nn2)cc1. The topological polar surface area (TPSA) is 70.8 Å². The summed E-state index contributed by atoms with van der Waals surface area (Å²) in [5, 5.41) is 19.7. The van der Waals surface area contributed by atoms with E-state index in [2.05, 4.69) is 21.6 Å². The lowest BCUT2D eigenvalue weighted by atomic mass is 10.1. The minimum Gasteiger partial charge on any atom is -0.497 e. The summed E-state index contributed by atoms with van der Waals surface area (Å²) >= 11 is 0. The molecule has 1 aromatic carbocycles. The quantitative estimate of drug-likeness (QED) is 0.830. The van der Waals surface area contributed by atoms with Crippen LogP contribution in [0.5, 0.6) is 5.75 Å². The first kappa shape index (κ1) is 12.8. The Bertz CT molecular complexity index is 557. The van der Waals surface area contributed by atoms with Crippen molar-refractivity contribution in [2.45, 2.75) is 6.42 Å². The summed E-state index contributed by atoms with van der Waals surface area (Å²) in [6.07, 6.45) is 0.446. The van der Waals surface area contributed by atoms with Crippen LogP contribution in [-0.2, 0) is 0 Å².